The standard InChI is InChI=1S/C16H13N3O3/c1-22-16(21)12-6-7-13(18)14(8-12)19-15(20)11-4-2-10(9-17)3-5-11/h2-8H,18H2,1H3,(H,19,20). The predicted octanol–water partition coefficient (Wildman–Crippen LogP) is 2.18. The molecule has 0 aliphatic carbocycles. The first-order valence-corrected chi connectivity index (χ1v) is 6.34. The van der Waals surface area contributed by atoms with Gasteiger partial charge in [0, 0.05) is 5.56 Å². The fraction of sp³-hybridized carbons (Fsp3) is 0.0625. The molecule has 0 radical (unpaired) electrons. The summed E-state index contributed by atoms with van der Waals surface area (Å²) in [6.07, 6.45) is 0. The van der Waals surface area contributed by atoms with Crippen LogP contribution in [0.15, 0.2) is 42.5 Å². The Balaban J connectivity index is 2.23. The van der Waals surface area contributed by atoms with Crippen molar-refractivity contribution in [3.05, 3.63) is 59.2 Å². The lowest BCUT2D eigenvalue weighted by molar-refractivity contribution is 0.0600. The second-order valence-electron chi connectivity index (χ2n) is 4.44. The smallest absolute Gasteiger partial charge is 0.337 e. The van der Waals surface area contributed by atoms with E-state index < -0.39 is 11.9 Å². The molecule has 0 unspecified atom stereocenters. The van der Waals surface area contributed by atoms with Gasteiger partial charge in [0.15, 0.2) is 0 Å². The van der Waals surface area contributed by atoms with Crippen molar-refractivity contribution in [3.63, 3.8) is 0 Å². The van der Waals surface area contributed by atoms with Crippen molar-refractivity contribution in [3.8, 4) is 6.07 Å². The minimum absolute atomic E-state index is 0.284. The summed E-state index contributed by atoms with van der Waals surface area (Å²) in [6, 6.07) is 12.6. The lowest BCUT2D eigenvalue weighted by Crippen LogP contribution is -2.14. The quantitative estimate of drug-likeness (QED) is 0.667. The summed E-state index contributed by atoms with van der Waals surface area (Å²) < 4.78 is 4.62. The van der Waals surface area contributed by atoms with Crippen LogP contribution in [0.2, 0.25) is 0 Å². The normalized spacial score (nSPS) is 9.64. The Kier molecular flexibility index (Phi) is 4.39. The van der Waals surface area contributed by atoms with E-state index in [1.54, 1.807) is 12.1 Å². The van der Waals surface area contributed by atoms with Crippen molar-refractivity contribution in [1.82, 2.24) is 0 Å². The number of carbonyl (C=O) groups is 2. The monoisotopic (exact) mass is 295 g/mol. The van der Waals surface area contributed by atoms with Gasteiger partial charge in [-0.05, 0) is 42.5 Å². The summed E-state index contributed by atoms with van der Waals surface area (Å²) in [5.41, 5.74) is 7.56. The minimum Gasteiger partial charge on any atom is -0.465 e. The van der Waals surface area contributed by atoms with Gasteiger partial charge in [0.05, 0.1) is 35.7 Å². The molecule has 0 aromatic heterocycles. The number of carbonyl (C=O) groups excluding carboxylic acids is 2. The van der Waals surface area contributed by atoms with Crippen LogP contribution in [0.25, 0.3) is 0 Å². The average Bonchev–Trinajstić information content (AvgIpc) is 2.56. The fourth-order valence-corrected chi connectivity index (χ4v) is 1.80. The van der Waals surface area contributed by atoms with E-state index >= 15 is 0 Å². The third-order valence-corrected chi connectivity index (χ3v) is 3.00. The number of hydrogen-bond donors (Lipinski definition) is 2. The maximum atomic E-state index is 12.2. The molecule has 0 aliphatic rings. The lowest BCUT2D eigenvalue weighted by Gasteiger charge is -2.10. The van der Waals surface area contributed by atoms with Gasteiger partial charge < -0.3 is 15.8 Å². The van der Waals surface area contributed by atoms with Crippen molar-refractivity contribution >= 4 is 23.3 Å². The number of nitrogen functional groups attached to an aromatic ring is 1. The molecule has 6 nitrogen and oxygen atoms in total. The molecule has 0 heterocycles. The number of amides is 1. The molecule has 3 N–H and O–H groups in total. The number of nitriles is 1. The van der Waals surface area contributed by atoms with Gasteiger partial charge >= 0.3 is 5.97 Å². The zero-order valence-corrected chi connectivity index (χ0v) is 11.8. The Bertz CT molecular complexity index is 761. The zero-order chi connectivity index (χ0) is 16.1. The number of hydrogen-bond acceptors (Lipinski definition) is 5. The minimum atomic E-state index is -0.520. The fourth-order valence-electron chi connectivity index (χ4n) is 1.80. The van der Waals surface area contributed by atoms with Crippen molar-refractivity contribution in [2.45, 2.75) is 0 Å². The summed E-state index contributed by atoms with van der Waals surface area (Å²) in [4.78, 5) is 23.6. The van der Waals surface area contributed by atoms with E-state index in [4.69, 9.17) is 11.0 Å². The molecule has 110 valence electrons. The number of esters is 1. The molecule has 0 saturated carbocycles. The number of nitrogens with one attached hydrogen (secondary N) is 1. The zero-order valence-electron chi connectivity index (χ0n) is 11.8. The molecule has 2 rings (SSSR count). The molecular weight excluding hydrogens is 282 g/mol. The van der Waals surface area contributed by atoms with E-state index in [2.05, 4.69) is 10.1 Å². The first-order chi connectivity index (χ1) is 10.5. The first kappa shape index (κ1) is 15.1. The van der Waals surface area contributed by atoms with Crippen LogP contribution in [-0.2, 0) is 4.74 Å². The first-order valence-electron chi connectivity index (χ1n) is 6.34. The maximum Gasteiger partial charge on any atom is 0.337 e. The van der Waals surface area contributed by atoms with Gasteiger partial charge in [-0.1, -0.05) is 0 Å². The third kappa shape index (κ3) is 3.22. The van der Waals surface area contributed by atoms with Gasteiger partial charge in [-0.3, -0.25) is 4.79 Å². The number of nitrogens with two attached hydrogens (primary N) is 1. The molecule has 2 aromatic carbocycles. The van der Waals surface area contributed by atoms with Crippen molar-refractivity contribution in [1.29, 1.82) is 5.26 Å². The second kappa shape index (κ2) is 6.41. The number of methoxy groups -OCH3 is 1. The topological polar surface area (TPSA) is 105 Å². The van der Waals surface area contributed by atoms with E-state index in [0.717, 1.165) is 0 Å². The van der Waals surface area contributed by atoms with Crippen molar-refractivity contribution < 1.29 is 14.3 Å². The molecule has 1 amide bonds. The Morgan fingerprint density at radius 1 is 1.14 bits per heavy atom. The van der Waals surface area contributed by atoms with Crippen LogP contribution in [0.4, 0.5) is 11.4 Å². The highest BCUT2D eigenvalue weighted by atomic mass is 16.5. The largest absolute Gasteiger partial charge is 0.465 e. The van der Waals surface area contributed by atoms with Gasteiger partial charge in [0.2, 0.25) is 0 Å². The summed E-state index contributed by atoms with van der Waals surface area (Å²) in [6.45, 7) is 0. The highest BCUT2D eigenvalue weighted by Gasteiger charge is 2.12. The summed E-state index contributed by atoms with van der Waals surface area (Å²) in [5.74, 6) is -0.910. The van der Waals surface area contributed by atoms with E-state index in [9.17, 15) is 9.59 Å². The van der Waals surface area contributed by atoms with E-state index in [-0.39, 0.29) is 5.56 Å². The van der Waals surface area contributed by atoms with Gasteiger partial charge in [-0.2, -0.15) is 5.26 Å². The highest BCUT2D eigenvalue weighted by Crippen LogP contribution is 2.21. The Morgan fingerprint density at radius 2 is 1.77 bits per heavy atom. The Morgan fingerprint density at radius 3 is 2.36 bits per heavy atom. The lowest BCUT2D eigenvalue weighted by atomic mass is 10.1. The van der Waals surface area contributed by atoms with Crippen LogP contribution in [0.1, 0.15) is 26.3 Å². The van der Waals surface area contributed by atoms with Crippen LogP contribution < -0.4 is 11.1 Å². The number of nitrogens with zero attached hydrogens (tertiary/aromatic N) is 1. The van der Waals surface area contributed by atoms with Crippen molar-refractivity contribution in [2.24, 2.45) is 0 Å². The molecule has 0 saturated heterocycles. The van der Waals surface area contributed by atoms with E-state index in [0.29, 0.717) is 22.5 Å². The molecule has 0 atom stereocenters. The summed E-state index contributed by atoms with van der Waals surface area (Å²) >= 11 is 0. The molecule has 0 bridgehead atoms. The highest BCUT2D eigenvalue weighted by molar-refractivity contribution is 6.06. The Labute approximate surface area is 127 Å². The van der Waals surface area contributed by atoms with Crippen LogP contribution in [0, 0.1) is 11.3 Å². The van der Waals surface area contributed by atoms with Crippen LogP contribution in [0.5, 0.6) is 0 Å². The van der Waals surface area contributed by atoms with Gasteiger partial charge in [-0.25, -0.2) is 4.79 Å². The molecule has 0 spiro atoms. The van der Waals surface area contributed by atoms with Crippen LogP contribution >= 0.6 is 0 Å². The molecule has 6 heteroatoms. The van der Waals surface area contributed by atoms with E-state index in [1.807, 2.05) is 6.07 Å². The second-order valence-corrected chi connectivity index (χ2v) is 4.44. The predicted molar refractivity (Wildman–Crippen MR) is 81.3 cm³/mol. The summed E-state index contributed by atoms with van der Waals surface area (Å²) in [7, 11) is 1.27. The molecule has 0 aliphatic heterocycles. The van der Waals surface area contributed by atoms with Gasteiger partial charge in [0.1, 0.15) is 0 Å². The number of benzene rings is 2. The summed E-state index contributed by atoms with van der Waals surface area (Å²) in [5, 5.41) is 11.4. The molecule has 2 aromatic rings. The van der Waals surface area contributed by atoms with Gasteiger partial charge in [0.25, 0.3) is 5.91 Å². The Hall–Kier alpha value is -3.33. The third-order valence-electron chi connectivity index (χ3n) is 3.00. The SMILES string of the molecule is COC(=O)c1ccc(N)c(NC(=O)c2ccc(C#N)cc2)c1. The molecule has 0 fully saturated rings. The number of rotatable bonds is 3. The number of ether oxygens (including phenoxy) is 1. The molecule has 22 heavy (non-hydrogen) atoms. The average molecular weight is 295 g/mol. The van der Waals surface area contributed by atoms with Gasteiger partial charge in [-0.15, -0.1) is 0 Å². The molecular formula is C16H13N3O3. The van der Waals surface area contributed by atoms with E-state index in [1.165, 1.54) is 37.4 Å². The van der Waals surface area contributed by atoms with Crippen LogP contribution in [0.3, 0.4) is 0 Å². The maximum absolute atomic E-state index is 12.2. The van der Waals surface area contributed by atoms with Crippen molar-refractivity contribution in [2.75, 3.05) is 18.2 Å². The number of anilines is 2. The van der Waals surface area contributed by atoms with Crippen LogP contribution in [-0.4, -0.2) is 19.0 Å².